The molecule has 4 heteroatoms. The van der Waals surface area contributed by atoms with Crippen molar-refractivity contribution in [2.24, 2.45) is 5.41 Å². The minimum absolute atomic E-state index is 0.0173. The van der Waals surface area contributed by atoms with Crippen LogP contribution in [0.3, 0.4) is 0 Å². The molecule has 0 saturated heterocycles. The van der Waals surface area contributed by atoms with Crippen LogP contribution in [0, 0.1) is 11.2 Å². The first-order valence-electron chi connectivity index (χ1n) is 4.82. The highest BCUT2D eigenvalue weighted by Crippen LogP contribution is 2.21. The normalized spacial score (nSPS) is 11.5. The van der Waals surface area contributed by atoms with E-state index in [1.807, 2.05) is 0 Å². The number of hydrogen-bond donors (Lipinski definition) is 0. The number of rotatable bonds is 3. The molecule has 0 aliphatic heterocycles. The summed E-state index contributed by atoms with van der Waals surface area (Å²) in [6.07, 6.45) is 2.22. The Morgan fingerprint density at radius 2 is 2.13 bits per heavy atom. The standard InChI is InChI=1S/C11H15ClFNO/c1-11(2,3)4-5-15-10-9(13)6-8(12)7-14-10/h6-7H,4-5H2,1-3H3. The second-order valence-corrected chi connectivity index (χ2v) is 5.04. The highest BCUT2D eigenvalue weighted by molar-refractivity contribution is 6.30. The molecular formula is C11H15ClFNO. The zero-order valence-corrected chi connectivity index (χ0v) is 9.94. The van der Waals surface area contributed by atoms with Crippen LogP contribution in [0.5, 0.6) is 5.88 Å². The molecule has 0 atom stereocenters. The van der Waals surface area contributed by atoms with Crippen molar-refractivity contribution in [3.05, 3.63) is 23.1 Å². The first-order chi connectivity index (χ1) is 6.88. The van der Waals surface area contributed by atoms with Gasteiger partial charge in [0.25, 0.3) is 0 Å². The van der Waals surface area contributed by atoms with Gasteiger partial charge >= 0.3 is 0 Å². The molecule has 0 aliphatic rings. The smallest absolute Gasteiger partial charge is 0.250 e. The van der Waals surface area contributed by atoms with Gasteiger partial charge in [0, 0.05) is 6.20 Å². The maximum absolute atomic E-state index is 13.2. The third-order valence-electron chi connectivity index (χ3n) is 1.86. The Morgan fingerprint density at radius 1 is 1.47 bits per heavy atom. The van der Waals surface area contributed by atoms with Crippen LogP contribution >= 0.6 is 11.6 Å². The summed E-state index contributed by atoms with van der Waals surface area (Å²) in [5, 5.41) is 0.274. The second kappa shape index (κ2) is 4.79. The largest absolute Gasteiger partial charge is 0.476 e. The van der Waals surface area contributed by atoms with Gasteiger partial charge in [-0.1, -0.05) is 32.4 Å². The summed E-state index contributed by atoms with van der Waals surface area (Å²) < 4.78 is 18.4. The molecule has 1 aromatic rings. The number of pyridine rings is 1. The van der Waals surface area contributed by atoms with Gasteiger partial charge in [0.15, 0.2) is 5.82 Å². The Bertz CT molecular complexity index is 336. The zero-order valence-electron chi connectivity index (χ0n) is 9.18. The fourth-order valence-electron chi connectivity index (χ4n) is 0.962. The zero-order chi connectivity index (χ0) is 11.5. The Hall–Kier alpha value is -0.830. The molecule has 0 spiro atoms. The Morgan fingerprint density at radius 3 is 2.67 bits per heavy atom. The van der Waals surface area contributed by atoms with E-state index in [9.17, 15) is 4.39 Å². The van der Waals surface area contributed by atoms with Gasteiger partial charge < -0.3 is 4.74 Å². The molecule has 0 aliphatic carbocycles. The van der Waals surface area contributed by atoms with Crippen LogP contribution in [-0.2, 0) is 0 Å². The van der Waals surface area contributed by atoms with E-state index < -0.39 is 5.82 Å². The van der Waals surface area contributed by atoms with E-state index in [4.69, 9.17) is 16.3 Å². The van der Waals surface area contributed by atoms with E-state index in [0.29, 0.717) is 6.61 Å². The minimum atomic E-state index is -0.517. The minimum Gasteiger partial charge on any atom is -0.476 e. The van der Waals surface area contributed by atoms with Gasteiger partial charge in [-0.15, -0.1) is 0 Å². The summed E-state index contributed by atoms with van der Waals surface area (Å²) in [6.45, 7) is 6.75. The van der Waals surface area contributed by atoms with Gasteiger partial charge in [0.05, 0.1) is 11.6 Å². The fraction of sp³-hybridized carbons (Fsp3) is 0.545. The van der Waals surface area contributed by atoms with Crippen molar-refractivity contribution >= 4 is 11.6 Å². The molecule has 15 heavy (non-hydrogen) atoms. The van der Waals surface area contributed by atoms with Gasteiger partial charge in [-0.05, 0) is 17.9 Å². The van der Waals surface area contributed by atoms with Crippen LogP contribution in [-0.4, -0.2) is 11.6 Å². The molecule has 1 heterocycles. The van der Waals surface area contributed by atoms with E-state index >= 15 is 0 Å². The quantitative estimate of drug-likeness (QED) is 0.792. The van der Waals surface area contributed by atoms with Crippen molar-refractivity contribution in [1.82, 2.24) is 4.98 Å². The van der Waals surface area contributed by atoms with E-state index in [-0.39, 0.29) is 16.3 Å². The van der Waals surface area contributed by atoms with Crippen molar-refractivity contribution in [1.29, 1.82) is 0 Å². The van der Waals surface area contributed by atoms with Crippen LogP contribution in [0.25, 0.3) is 0 Å². The fourth-order valence-corrected chi connectivity index (χ4v) is 1.11. The highest BCUT2D eigenvalue weighted by Gasteiger charge is 2.11. The van der Waals surface area contributed by atoms with Crippen LogP contribution in [0.15, 0.2) is 12.3 Å². The van der Waals surface area contributed by atoms with E-state index in [1.54, 1.807) is 0 Å². The summed E-state index contributed by atoms with van der Waals surface area (Å²) in [7, 11) is 0. The SMILES string of the molecule is CC(C)(C)CCOc1ncc(Cl)cc1F. The molecule has 0 aromatic carbocycles. The molecule has 84 valence electrons. The van der Waals surface area contributed by atoms with Gasteiger partial charge in [-0.25, -0.2) is 9.37 Å². The molecule has 0 fully saturated rings. The van der Waals surface area contributed by atoms with Gasteiger partial charge in [-0.3, -0.25) is 0 Å². The summed E-state index contributed by atoms with van der Waals surface area (Å²) in [5.74, 6) is -0.500. The molecule has 1 rings (SSSR count). The second-order valence-electron chi connectivity index (χ2n) is 4.60. The third kappa shape index (κ3) is 4.47. The maximum Gasteiger partial charge on any atom is 0.250 e. The number of halogens is 2. The van der Waals surface area contributed by atoms with Gasteiger partial charge in [0.1, 0.15) is 0 Å². The molecule has 0 N–H and O–H groups in total. The van der Waals surface area contributed by atoms with E-state index in [0.717, 1.165) is 6.42 Å². The Labute approximate surface area is 94.4 Å². The van der Waals surface area contributed by atoms with Crippen LogP contribution in [0.1, 0.15) is 27.2 Å². The number of aromatic nitrogens is 1. The maximum atomic E-state index is 13.2. The monoisotopic (exact) mass is 231 g/mol. The Kier molecular flexibility index (Phi) is 3.91. The topological polar surface area (TPSA) is 22.1 Å². The predicted octanol–water partition coefficient (Wildman–Crippen LogP) is 3.69. The van der Waals surface area contributed by atoms with Crippen LogP contribution in [0.2, 0.25) is 5.02 Å². The first-order valence-corrected chi connectivity index (χ1v) is 5.20. The molecule has 0 amide bonds. The van der Waals surface area contributed by atoms with Crippen LogP contribution in [0.4, 0.5) is 4.39 Å². The number of ether oxygens (including phenoxy) is 1. The molecule has 0 unspecified atom stereocenters. The summed E-state index contributed by atoms with van der Waals surface area (Å²) in [6, 6.07) is 1.20. The lowest BCUT2D eigenvalue weighted by atomic mass is 9.93. The average Bonchev–Trinajstić information content (AvgIpc) is 2.07. The number of nitrogens with zero attached hydrogens (tertiary/aromatic N) is 1. The van der Waals surface area contributed by atoms with E-state index in [1.165, 1.54) is 12.3 Å². The molecule has 0 saturated carbocycles. The summed E-state index contributed by atoms with van der Waals surface area (Å²) in [5.41, 5.74) is 0.170. The van der Waals surface area contributed by atoms with Crippen molar-refractivity contribution in [3.63, 3.8) is 0 Å². The van der Waals surface area contributed by atoms with Crippen molar-refractivity contribution in [3.8, 4) is 5.88 Å². The molecule has 0 radical (unpaired) electrons. The van der Waals surface area contributed by atoms with Crippen molar-refractivity contribution < 1.29 is 9.13 Å². The van der Waals surface area contributed by atoms with Crippen LogP contribution < -0.4 is 4.74 Å². The third-order valence-corrected chi connectivity index (χ3v) is 2.07. The highest BCUT2D eigenvalue weighted by atomic mass is 35.5. The van der Waals surface area contributed by atoms with Crippen molar-refractivity contribution in [2.45, 2.75) is 27.2 Å². The average molecular weight is 232 g/mol. The van der Waals surface area contributed by atoms with Gasteiger partial charge in [-0.2, -0.15) is 0 Å². The lowest BCUT2D eigenvalue weighted by molar-refractivity contribution is 0.228. The van der Waals surface area contributed by atoms with Gasteiger partial charge in [0.2, 0.25) is 5.88 Å². The lowest BCUT2D eigenvalue weighted by Crippen LogP contribution is -2.12. The van der Waals surface area contributed by atoms with Crippen molar-refractivity contribution in [2.75, 3.05) is 6.61 Å². The molecule has 1 aromatic heterocycles. The van der Waals surface area contributed by atoms with E-state index in [2.05, 4.69) is 25.8 Å². The first kappa shape index (κ1) is 12.2. The summed E-state index contributed by atoms with van der Waals surface area (Å²) >= 11 is 5.57. The lowest BCUT2D eigenvalue weighted by Gasteiger charge is -2.17. The Balaban J connectivity index is 2.51. The predicted molar refractivity (Wildman–Crippen MR) is 58.8 cm³/mol. The molecule has 2 nitrogen and oxygen atoms in total. The molecule has 0 bridgehead atoms. The summed E-state index contributed by atoms with van der Waals surface area (Å²) in [4.78, 5) is 3.77. The number of hydrogen-bond acceptors (Lipinski definition) is 2. The molecular weight excluding hydrogens is 217 g/mol.